The number of sulfonamides is 1. The van der Waals surface area contributed by atoms with Crippen LogP contribution in [-0.2, 0) is 16.6 Å². The number of halogens is 2. The van der Waals surface area contributed by atoms with E-state index in [0.29, 0.717) is 35.5 Å². The number of nitrogens with zero attached hydrogens (tertiary/aromatic N) is 1. The zero-order chi connectivity index (χ0) is 15.2. The predicted octanol–water partition coefficient (Wildman–Crippen LogP) is 2.87. The molecular weight excluding hydrogens is 331 g/mol. The van der Waals surface area contributed by atoms with Gasteiger partial charge in [-0.25, -0.2) is 8.42 Å². The predicted molar refractivity (Wildman–Crippen MR) is 83.9 cm³/mol. The van der Waals surface area contributed by atoms with Gasteiger partial charge in [0.2, 0.25) is 10.0 Å². The lowest BCUT2D eigenvalue weighted by molar-refractivity contribution is 0.445. The molecule has 2 N–H and O–H groups in total. The van der Waals surface area contributed by atoms with E-state index in [0.717, 1.165) is 12.8 Å². The molecule has 0 bridgehead atoms. The molecule has 1 aromatic carbocycles. The molecule has 1 aliphatic carbocycles. The summed E-state index contributed by atoms with van der Waals surface area (Å²) in [5.41, 5.74) is 6.17. The third-order valence-electron chi connectivity index (χ3n) is 4.61. The molecule has 1 saturated carbocycles. The van der Waals surface area contributed by atoms with Crippen molar-refractivity contribution in [3.05, 3.63) is 27.7 Å². The van der Waals surface area contributed by atoms with Gasteiger partial charge in [-0.15, -0.1) is 0 Å². The Morgan fingerprint density at radius 1 is 1.19 bits per heavy atom. The summed E-state index contributed by atoms with van der Waals surface area (Å²) in [6.45, 7) is 1.34. The molecule has 1 aliphatic heterocycles. The number of nitrogens with two attached hydrogens (primary N) is 1. The molecule has 2 atom stereocenters. The van der Waals surface area contributed by atoms with Gasteiger partial charge in [0.05, 0.1) is 5.02 Å². The summed E-state index contributed by atoms with van der Waals surface area (Å²) in [6.07, 6.45) is 3.44. The van der Waals surface area contributed by atoms with Gasteiger partial charge in [0.15, 0.2) is 0 Å². The van der Waals surface area contributed by atoms with Gasteiger partial charge in [0, 0.05) is 24.7 Å². The summed E-state index contributed by atoms with van der Waals surface area (Å²) in [7, 11) is -3.61. The zero-order valence-corrected chi connectivity index (χ0v) is 13.9. The summed E-state index contributed by atoms with van der Waals surface area (Å²) in [5.74, 6) is 0.985. The molecule has 4 nitrogen and oxygen atoms in total. The molecule has 0 radical (unpaired) electrons. The lowest BCUT2D eigenvalue weighted by Crippen LogP contribution is -2.30. The standard InChI is InChI=1S/C14H18Cl2N2O2S/c15-12-4-11(6-17)14(16)13(5-12)21(19,20)18-7-9-2-1-3-10(9)8-18/h4-5,9-10H,1-3,6-8,17H2. The van der Waals surface area contributed by atoms with Crippen molar-refractivity contribution in [1.29, 1.82) is 0 Å². The van der Waals surface area contributed by atoms with Gasteiger partial charge in [-0.2, -0.15) is 4.31 Å². The van der Waals surface area contributed by atoms with E-state index >= 15 is 0 Å². The normalized spacial score (nSPS) is 26.2. The van der Waals surface area contributed by atoms with Crippen molar-refractivity contribution < 1.29 is 8.42 Å². The number of hydrogen-bond donors (Lipinski definition) is 1. The maximum absolute atomic E-state index is 12.8. The molecule has 0 aromatic heterocycles. The van der Waals surface area contributed by atoms with Crippen molar-refractivity contribution in [3.8, 4) is 0 Å². The summed E-state index contributed by atoms with van der Waals surface area (Å²) < 4.78 is 27.3. The van der Waals surface area contributed by atoms with E-state index in [-0.39, 0.29) is 16.5 Å². The van der Waals surface area contributed by atoms with Gasteiger partial charge in [0.25, 0.3) is 0 Å². The van der Waals surface area contributed by atoms with E-state index in [1.165, 1.54) is 12.5 Å². The molecular formula is C14H18Cl2N2O2S. The molecule has 21 heavy (non-hydrogen) atoms. The summed E-state index contributed by atoms with van der Waals surface area (Å²) in [5, 5.41) is 0.539. The molecule has 2 aliphatic rings. The molecule has 116 valence electrons. The maximum Gasteiger partial charge on any atom is 0.244 e. The van der Waals surface area contributed by atoms with E-state index < -0.39 is 10.0 Å². The Kier molecular flexibility index (Phi) is 4.23. The molecule has 2 fully saturated rings. The largest absolute Gasteiger partial charge is 0.326 e. The Balaban J connectivity index is 1.97. The first kappa shape index (κ1) is 15.6. The SMILES string of the molecule is NCc1cc(Cl)cc(S(=O)(=O)N2CC3CCCC3C2)c1Cl. The molecule has 2 unspecified atom stereocenters. The Hall–Kier alpha value is -0.330. The molecule has 1 aromatic rings. The number of hydrogen-bond acceptors (Lipinski definition) is 3. The van der Waals surface area contributed by atoms with Crippen LogP contribution < -0.4 is 5.73 Å². The molecule has 0 spiro atoms. The fraction of sp³-hybridized carbons (Fsp3) is 0.571. The third kappa shape index (κ3) is 2.70. The van der Waals surface area contributed by atoms with Crippen LogP contribution in [-0.4, -0.2) is 25.8 Å². The van der Waals surface area contributed by atoms with Crippen LogP contribution in [0.25, 0.3) is 0 Å². The highest BCUT2D eigenvalue weighted by Gasteiger charge is 2.42. The van der Waals surface area contributed by atoms with Gasteiger partial charge in [-0.05, 0) is 42.4 Å². The van der Waals surface area contributed by atoms with E-state index in [4.69, 9.17) is 28.9 Å². The smallest absolute Gasteiger partial charge is 0.244 e. The van der Waals surface area contributed by atoms with Crippen molar-refractivity contribution >= 4 is 33.2 Å². The summed E-state index contributed by atoms with van der Waals surface area (Å²) in [4.78, 5) is 0.0806. The van der Waals surface area contributed by atoms with Crippen LogP contribution in [0.15, 0.2) is 17.0 Å². The quantitative estimate of drug-likeness (QED) is 0.913. The highest BCUT2D eigenvalue weighted by Crippen LogP contribution is 2.41. The zero-order valence-electron chi connectivity index (χ0n) is 11.6. The third-order valence-corrected chi connectivity index (χ3v) is 7.24. The molecule has 1 heterocycles. The Labute approximate surface area is 135 Å². The monoisotopic (exact) mass is 348 g/mol. The van der Waals surface area contributed by atoms with Gasteiger partial charge in [-0.1, -0.05) is 29.6 Å². The summed E-state index contributed by atoms with van der Waals surface area (Å²) >= 11 is 12.2. The van der Waals surface area contributed by atoms with E-state index in [1.54, 1.807) is 10.4 Å². The van der Waals surface area contributed by atoms with Crippen molar-refractivity contribution in [1.82, 2.24) is 4.31 Å². The van der Waals surface area contributed by atoms with Crippen molar-refractivity contribution in [2.45, 2.75) is 30.7 Å². The van der Waals surface area contributed by atoms with Crippen LogP contribution in [0.2, 0.25) is 10.0 Å². The van der Waals surface area contributed by atoms with Crippen LogP contribution in [0.3, 0.4) is 0 Å². The number of fused-ring (bicyclic) bond motifs is 1. The second-order valence-electron chi connectivity index (χ2n) is 5.85. The Morgan fingerprint density at radius 2 is 1.81 bits per heavy atom. The van der Waals surface area contributed by atoms with Gasteiger partial charge in [0.1, 0.15) is 4.90 Å². The second-order valence-corrected chi connectivity index (χ2v) is 8.57. The van der Waals surface area contributed by atoms with Gasteiger partial charge < -0.3 is 5.73 Å². The van der Waals surface area contributed by atoms with Crippen LogP contribution in [0.5, 0.6) is 0 Å². The first-order valence-corrected chi connectivity index (χ1v) is 9.31. The molecule has 1 saturated heterocycles. The average molecular weight is 349 g/mol. The minimum atomic E-state index is -3.61. The Bertz CT molecular complexity index is 651. The fourth-order valence-electron chi connectivity index (χ4n) is 3.48. The fourth-order valence-corrected chi connectivity index (χ4v) is 5.95. The first-order valence-electron chi connectivity index (χ1n) is 7.11. The van der Waals surface area contributed by atoms with Gasteiger partial charge in [-0.3, -0.25) is 0 Å². The van der Waals surface area contributed by atoms with Crippen molar-refractivity contribution in [2.75, 3.05) is 13.1 Å². The highest BCUT2D eigenvalue weighted by molar-refractivity contribution is 7.89. The van der Waals surface area contributed by atoms with E-state index in [2.05, 4.69) is 0 Å². The highest BCUT2D eigenvalue weighted by atomic mass is 35.5. The second kappa shape index (κ2) is 5.70. The van der Waals surface area contributed by atoms with Crippen LogP contribution in [0, 0.1) is 11.8 Å². The van der Waals surface area contributed by atoms with E-state index in [1.807, 2.05) is 0 Å². The maximum atomic E-state index is 12.8. The molecule has 7 heteroatoms. The lowest BCUT2D eigenvalue weighted by atomic mass is 10.0. The van der Waals surface area contributed by atoms with E-state index in [9.17, 15) is 8.42 Å². The number of rotatable bonds is 3. The van der Waals surface area contributed by atoms with Crippen molar-refractivity contribution in [2.24, 2.45) is 17.6 Å². The van der Waals surface area contributed by atoms with Crippen LogP contribution in [0.1, 0.15) is 24.8 Å². The minimum absolute atomic E-state index is 0.0806. The first-order chi connectivity index (χ1) is 9.93. The van der Waals surface area contributed by atoms with Gasteiger partial charge >= 0.3 is 0 Å². The summed E-state index contributed by atoms with van der Waals surface area (Å²) in [6, 6.07) is 3.04. The van der Waals surface area contributed by atoms with Crippen molar-refractivity contribution in [3.63, 3.8) is 0 Å². The lowest BCUT2D eigenvalue weighted by Gasteiger charge is -2.19. The molecule has 0 amide bonds. The topological polar surface area (TPSA) is 63.4 Å². The van der Waals surface area contributed by atoms with Crippen LogP contribution >= 0.6 is 23.2 Å². The van der Waals surface area contributed by atoms with Crippen LogP contribution in [0.4, 0.5) is 0 Å². The molecule has 3 rings (SSSR count). The minimum Gasteiger partial charge on any atom is -0.326 e. The Morgan fingerprint density at radius 3 is 2.38 bits per heavy atom. The number of benzene rings is 1. The average Bonchev–Trinajstić information content (AvgIpc) is 3.01.